The summed E-state index contributed by atoms with van der Waals surface area (Å²) in [7, 11) is 1.52. The van der Waals surface area contributed by atoms with E-state index in [4.69, 9.17) is 4.74 Å². The molecule has 2 heterocycles. The van der Waals surface area contributed by atoms with Crippen LogP contribution in [0.1, 0.15) is 20.8 Å². The number of nitrogens with zero attached hydrogens (tertiary/aromatic N) is 1. The van der Waals surface area contributed by atoms with Crippen LogP contribution in [0.5, 0.6) is 0 Å². The Balaban J connectivity index is 1.55. The highest BCUT2D eigenvalue weighted by Gasteiger charge is 2.15. The molecule has 0 radical (unpaired) electrons. The molecule has 0 spiro atoms. The number of ether oxygens (including phenoxy) is 1. The smallest absolute Gasteiger partial charge is 0.358 e. The first-order valence-electron chi connectivity index (χ1n) is 7.85. The Morgan fingerprint density at radius 3 is 2.74 bits per heavy atom. The Morgan fingerprint density at radius 2 is 2.00 bits per heavy atom. The molecule has 7 nitrogen and oxygen atoms in total. The molecule has 0 aliphatic carbocycles. The molecule has 138 valence electrons. The van der Waals surface area contributed by atoms with Gasteiger partial charge in [0.05, 0.1) is 4.88 Å². The molecule has 0 aliphatic rings. The van der Waals surface area contributed by atoms with Crippen LogP contribution in [0.25, 0.3) is 9.88 Å². The van der Waals surface area contributed by atoms with Gasteiger partial charge in [-0.25, -0.2) is 9.78 Å². The molecule has 2 aromatic heterocycles. The van der Waals surface area contributed by atoms with Gasteiger partial charge in [0, 0.05) is 23.7 Å². The molecule has 0 saturated heterocycles. The molecular formula is C18H15N3O4S2. The van der Waals surface area contributed by atoms with Gasteiger partial charge in [-0.2, -0.15) is 0 Å². The van der Waals surface area contributed by atoms with Crippen molar-refractivity contribution in [2.45, 2.75) is 0 Å². The Bertz CT molecular complexity index is 967. The first-order valence-corrected chi connectivity index (χ1v) is 9.61. The summed E-state index contributed by atoms with van der Waals surface area (Å²) in [5, 5.41) is 9.35. The standard InChI is InChI=1S/C18H15N3O4S2/c1-19-16(23)11-4-2-5-12(8-11)20-15(22)9-25-18(24)13-10-27-17(21-13)14-6-3-7-26-14/h2-8,10H,9H2,1H3,(H,19,23)(H,20,22). The highest BCUT2D eigenvalue weighted by Crippen LogP contribution is 2.27. The fraction of sp³-hybridized carbons (Fsp3) is 0.111. The van der Waals surface area contributed by atoms with Gasteiger partial charge < -0.3 is 15.4 Å². The lowest BCUT2D eigenvalue weighted by atomic mass is 10.2. The molecule has 0 saturated carbocycles. The van der Waals surface area contributed by atoms with Crippen molar-refractivity contribution < 1.29 is 19.1 Å². The number of amides is 2. The first-order chi connectivity index (χ1) is 13.1. The summed E-state index contributed by atoms with van der Waals surface area (Å²) in [5.74, 6) is -1.43. The number of carbonyl (C=O) groups excluding carboxylic acids is 3. The van der Waals surface area contributed by atoms with E-state index in [9.17, 15) is 14.4 Å². The van der Waals surface area contributed by atoms with E-state index in [1.54, 1.807) is 23.6 Å². The number of aromatic nitrogens is 1. The second kappa shape index (κ2) is 8.56. The topological polar surface area (TPSA) is 97.4 Å². The summed E-state index contributed by atoms with van der Waals surface area (Å²) in [6.07, 6.45) is 0. The zero-order valence-electron chi connectivity index (χ0n) is 14.2. The van der Waals surface area contributed by atoms with E-state index in [0.29, 0.717) is 11.3 Å². The van der Waals surface area contributed by atoms with Gasteiger partial charge in [0.25, 0.3) is 11.8 Å². The quantitative estimate of drug-likeness (QED) is 0.619. The van der Waals surface area contributed by atoms with Crippen molar-refractivity contribution in [2.75, 3.05) is 19.0 Å². The van der Waals surface area contributed by atoms with Gasteiger partial charge in [-0.3, -0.25) is 9.59 Å². The van der Waals surface area contributed by atoms with E-state index in [1.165, 1.54) is 35.8 Å². The lowest BCUT2D eigenvalue weighted by molar-refractivity contribution is -0.119. The summed E-state index contributed by atoms with van der Waals surface area (Å²) in [4.78, 5) is 40.9. The highest BCUT2D eigenvalue weighted by atomic mass is 32.1. The van der Waals surface area contributed by atoms with E-state index in [-0.39, 0.29) is 11.6 Å². The van der Waals surface area contributed by atoms with E-state index >= 15 is 0 Å². The third-order valence-electron chi connectivity index (χ3n) is 3.42. The third kappa shape index (κ3) is 4.78. The van der Waals surface area contributed by atoms with Gasteiger partial charge in [-0.1, -0.05) is 12.1 Å². The lowest BCUT2D eigenvalue weighted by Crippen LogP contribution is -2.22. The van der Waals surface area contributed by atoms with Gasteiger partial charge in [0.1, 0.15) is 5.01 Å². The van der Waals surface area contributed by atoms with Crippen LogP contribution in [0, 0.1) is 0 Å². The zero-order chi connectivity index (χ0) is 19.2. The van der Waals surface area contributed by atoms with Crippen molar-refractivity contribution in [2.24, 2.45) is 0 Å². The number of carbonyl (C=O) groups is 3. The number of hydrogen-bond donors (Lipinski definition) is 2. The maximum absolute atomic E-state index is 12.1. The average molecular weight is 401 g/mol. The van der Waals surface area contributed by atoms with E-state index in [1.807, 2.05) is 17.5 Å². The van der Waals surface area contributed by atoms with Gasteiger partial charge >= 0.3 is 5.97 Å². The predicted octanol–water partition coefficient (Wildman–Crippen LogP) is 3.03. The minimum atomic E-state index is -0.664. The molecule has 0 bridgehead atoms. The van der Waals surface area contributed by atoms with Crippen molar-refractivity contribution in [1.29, 1.82) is 0 Å². The van der Waals surface area contributed by atoms with Crippen molar-refractivity contribution in [3.8, 4) is 9.88 Å². The molecule has 1 aromatic carbocycles. The fourth-order valence-corrected chi connectivity index (χ4v) is 3.77. The maximum atomic E-state index is 12.1. The molecule has 0 aliphatic heterocycles. The van der Waals surface area contributed by atoms with Gasteiger partial charge in [0.15, 0.2) is 12.3 Å². The van der Waals surface area contributed by atoms with Crippen LogP contribution in [0.4, 0.5) is 5.69 Å². The van der Waals surface area contributed by atoms with E-state index in [0.717, 1.165) is 9.88 Å². The minimum Gasteiger partial charge on any atom is -0.451 e. The molecule has 0 unspecified atom stereocenters. The Labute approximate surface area is 163 Å². The van der Waals surface area contributed by atoms with Crippen LogP contribution in [-0.2, 0) is 9.53 Å². The maximum Gasteiger partial charge on any atom is 0.358 e. The third-order valence-corrected chi connectivity index (χ3v) is 5.30. The molecule has 3 aromatic rings. The summed E-state index contributed by atoms with van der Waals surface area (Å²) in [6, 6.07) is 10.3. The number of rotatable bonds is 6. The number of nitrogens with one attached hydrogen (secondary N) is 2. The van der Waals surface area contributed by atoms with Crippen LogP contribution in [0.3, 0.4) is 0 Å². The number of anilines is 1. The number of hydrogen-bond acceptors (Lipinski definition) is 7. The number of thiophene rings is 1. The fourth-order valence-electron chi connectivity index (χ4n) is 2.17. The zero-order valence-corrected chi connectivity index (χ0v) is 15.9. The Hall–Kier alpha value is -3.04. The van der Waals surface area contributed by atoms with Crippen LogP contribution in [0.15, 0.2) is 47.2 Å². The van der Waals surface area contributed by atoms with Gasteiger partial charge in [-0.05, 0) is 29.6 Å². The molecule has 2 amide bonds. The second-order valence-corrected chi connectivity index (χ2v) is 7.11. The largest absolute Gasteiger partial charge is 0.451 e. The second-order valence-electron chi connectivity index (χ2n) is 5.30. The minimum absolute atomic E-state index is 0.165. The number of thiazole rings is 1. The predicted molar refractivity (Wildman–Crippen MR) is 104 cm³/mol. The molecule has 2 N–H and O–H groups in total. The molecule has 0 fully saturated rings. The van der Waals surface area contributed by atoms with Crippen LogP contribution < -0.4 is 10.6 Å². The highest BCUT2D eigenvalue weighted by molar-refractivity contribution is 7.20. The lowest BCUT2D eigenvalue weighted by Gasteiger charge is -2.07. The SMILES string of the molecule is CNC(=O)c1cccc(NC(=O)COC(=O)c2csc(-c3cccs3)n2)c1. The molecule has 27 heavy (non-hydrogen) atoms. The Morgan fingerprint density at radius 1 is 1.15 bits per heavy atom. The summed E-state index contributed by atoms with van der Waals surface area (Å²) >= 11 is 2.87. The van der Waals surface area contributed by atoms with E-state index in [2.05, 4.69) is 15.6 Å². The Kier molecular flexibility index (Phi) is 5.94. The van der Waals surface area contributed by atoms with E-state index < -0.39 is 18.5 Å². The summed E-state index contributed by atoms with van der Waals surface area (Å²) in [5.41, 5.74) is 1.01. The monoisotopic (exact) mass is 401 g/mol. The van der Waals surface area contributed by atoms with Gasteiger partial charge in [0.2, 0.25) is 0 Å². The summed E-state index contributed by atoms with van der Waals surface area (Å²) in [6.45, 7) is -0.450. The van der Waals surface area contributed by atoms with Crippen LogP contribution in [-0.4, -0.2) is 36.4 Å². The van der Waals surface area contributed by atoms with Crippen molar-refractivity contribution in [3.63, 3.8) is 0 Å². The molecule has 0 atom stereocenters. The van der Waals surface area contributed by atoms with Gasteiger partial charge in [-0.15, -0.1) is 22.7 Å². The molecule has 3 rings (SSSR count). The normalized spacial score (nSPS) is 10.3. The average Bonchev–Trinajstić information content (AvgIpc) is 3.37. The summed E-state index contributed by atoms with van der Waals surface area (Å²) < 4.78 is 5.01. The first kappa shape index (κ1) is 18.7. The molecule has 9 heteroatoms. The van der Waals surface area contributed by atoms with Crippen molar-refractivity contribution in [3.05, 3.63) is 58.4 Å². The van der Waals surface area contributed by atoms with Crippen LogP contribution in [0.2, 0.25) is 0 Å². The molecular weight excluding hydrogens is 386 g/mol. The van der Waals surface area contributed by atoms with Crippen LogP contribution >= 0.6 is 22.7 Å². The van der Waals surface area contributed by atoms with Crippen molar-refractivity contribution in [1.82, 2.24) is 10.3 Å². The van der Waals surface area contributed by atoms with Crippen molar-refractivity contribution >= 4 is 46.1 Å². The number of benzene rings is 1. The number of esters is 1.